The number of hydrogen-bond donors (Lipinski definition) is 1. The average molecular weight is 420 g/mol. The van der Waals surface area contributed by atoms with Crippen LogP contribution in [0.3, 0.4) is 0 Å². The predicted octanol–water partition coefficient (Wildman–Crippen LogP) is 4.24. The van der Waals surface area contributed by atoms with Gasteiger partial charge in [0.1, 0.15) is 24.1 Å². The summed E-state index contributed by atoms with van der Waals surface area (Å²) >= 11 is 0. The number of nitro groups is 1. The molecule has 0 aliphatic heterocycles. The maximum absolute atomic E-state index is 13.2. The van der Waals surface area contributed by atoms with E-state index in [0.717, 1.165) is 25.7 Å². The van der Waals surface area contributed by atoms with Gasteiger partial charge in [0.25, 0.3) is 5.69 Å². The number of non-ortho nitro benzene ring substituents is 1. The Morgan fingerprint density at radius 2 is 1.62 bits per heavy atom. The Hall–Kier alpha value is -2.90. The van der Waals surface area contributed by atoms with E-state index >= 15 is 0 Å². The van der Waals surface area contributed by atoms with Crippen LogP contribution in [0.2, 0.25) is 0 Å². The fraction of sp³-hybridized carbons (Fsp3) is 0.316. The van der Waals surface area contributed by atoms with Gasteiger partial charge in [-0.15, -0.1) is 0 Å². The topological polar surface area (TPSA) is 117 Å². The first-order valence-electron chi connectivity index (χ1n) is 9.17. The second-order valence-electron chi connectivity index (χ2n) is 6.48. The van der Waals surface area contributed by atoms with Gasteiger partial charge in [-0.3, -0.25) is 14.9 Å². The van der Waals surface area contributed by atoms with Crippen LogP contribution in [0.5, 0.6) is 11.5 Å². The fourth-order valence-electron chi connectivity index (χ4n) is 2.87. The van der Waals surface area contributed by atoms with Gasteiger partial charge < -0.3 is 13.8 Å². The molecule has 0 amide bonds. The Morgan fingerprint density at radius 3 is 2.21 bits per heavy atom. The van der Waals surface area contributed by atoms with Crippen LogP contribution in [0, 0.1) is 10.1 Å². The monoisotopic (exact) mass is 420 g/mol. The third-order valence-electron chi connectivity index (χ3n) is 4.26. The molecule has 0 saturated heterocycles. The number of carbonyl (C=O) groups is 1. The van der Waals surface area contributed by atoms with Crippen LogP contribution in [0.15, 0.2) is 54.6 Å². The molecule has 1 N–H and O–H groups in total. The largest absolute Gasteiger partial charge is 0.513 e. The highest BCUT2D eigenvalue weighted by molar-refractivity contribution is 7.52. The maximum Gasteiger partial charge on any atom is 0.513 e. The highest BCUT2D eigenvalue weighted by Crippen LogP contribution is 2.44. The van der Waals surface area contributed by atoms with Crippen molar-refractivity contribution in [3.8, 4) is 11.5 Å². The van der Waals surface area contributed by atoms with Crippen LogP contribution in [0.25, 0.3) is 0 Å². The number of nitrogens with zero attached hydrogens (tertiary/aromatic N) is 1. The number of nitro benzene ring substituents is 1. The Bertz CT molecular complexity index is 883. The molecular weight excluding hydrogens is 399 g/mol. The number of carbonyl (C=O) groups excluding carboxylic acids is 1. The molecule has 0 spiro atoms. The first-order chi connectivity index (χ1) is 13.9. The van der Waals surface area contributed by atoms with Gasteiger partial charge >= 0.3 is 13.7 Å². The molecule has 10 heteroatoms. The van der Waals surface area contributed by atoms with Crippen LogP contribution >= 0.6 is 7.75 Å². The van der Waals surface area contributed by atoms with Crippen LogP contribution in [-0.4, -0.2) is 23.5 Å². The van der Waals surface area contributed by atoms with Gasteiger partial charge in [0.05, 0.1) is 4.92 Å². The second-order valence-corrected chi connectivity index (χ2v) is 8.15. The summed E-state index contributed by atoms with van der Waals surface area (Å²) in [7, 11) is -4.02. The smallest absolute Gasteiger partial charge is 0.461 e. The Kier molecular flexibility index (Phi) is 6.85. The third-order valence-corrected chi connectivity index (χ3v) is 5.71. The minimum atomic E-state index is -4.02. The number of rotatable bonds is 9. The molecule has 1 aliphatic carbocycles. The van der Waals surface area contributed by atoms with Crippen molar-refractivity contribution in [3.63, 3.8) is 0 Å². The molecule has 3 rings (SSSR count). The molecule has 1 saturated carbocycles. The zero-order valence-electron chi connectivity index (χ0n) is 15.6. The minimum Gasteiger partial charge on any atom is -0.461 e. The van der Waals surface area contributed by atoms with Crippen molar-refractivity contribution < 1.29 is 28.1 Å². The lowest BCUT2D eigenvalue weighted by Crippen LogP contribution is -2.28. The molecule has 1 unspecified atom stereocenters. The second kappa shape index (κ2) is 9.54. The SMILES string of the molecule is O=C(CNP(=O)(Oc1ccccc1)Oc1ccc([N+](=O)[O-])cc1)OC1CCCC1. The van der Waals surface area contributed by atoms with Crippen molar-refractivity contribution in [2.24, 2.45) is 0 Å². The Morgan fingerprint density at radius 1 is 1.03 bits per heavy atom. The molecule has 0 bridgehead atoms. The first kappa shape index (κ1) is 20.8. The Labute approximate surface area is 167 Å². The van der Waals surface area contributed by atoms with Crippen LogP contribution in [0.4, 0.5) is 5.69 Å². The summed E-state index contributed by atoms with van der Waals surface area (Å²) in [6.07, 6.45) is 3.57. The van der Waals surface area contributed by atoms with Crippen molar-refractivity contribution in [2.45, 2.75) is 31.8 Å². The highest BCUT2D eigenvalue weighted by Gasteiger charge is 2.30. The summed E-state index contributed by atoms with van der Waals surface area (Å²) < 4.78 is 29.5. The van der Waals surface area contributed by atoms with E-state index in [-0.39, 0.29) is 29.8 Å². The molecule has 9 nitrogen and oxygen atoms in total. The van der Waals surface area contributed by atoms with E-state index in [1.54, 1.807) is 30.3 Å². The molecule has 1 atom stereocenters. The van der Waals surface area contributed by atoms with Gasteiger partial charge in [-0.25, -0.2) is 4.57 Å². The van der Waals surface area contributed by atoms with Crippen molar-refractivity contribution in [3.05, 3.63) is 64.7 Å². The molecule has 154 valence electrons. The van der Waals surface area contributed by atoms with E-state index in [1.807, 2.05) is 0 Å². The standard InChI is InChI=1S/C19H21N2O7P/c22-19(26-16-6-4-5-7-16)14-20-29(25,27-17-8-2-1-3-9-17)28-18-12-10-15(11-13-18)21(23)24/h1-3,8-13,16H,4-7,14H2,(H,20,25). The summed E-state index contributed by atoms with van der Waals surface area (Å²) in [5.41, 5.74) is -0.135. The van der Waals surface area contributed by atoms with E-state index in [9.17, 15) is 19.5 Å². The molecule has 0 aromatic heterocycles. The minimum absolute atomic E-state index is 0.0894. The first-order valence-corrected chi connectivity index (χ1v) is 10.7. The normalized spacial score (nSPS) is 16.0. The zero-order valence-corrected chi connectivity index (χ0v) is 16.5. The molecule has 29 heavy (non-hydrogen) atoms. The van der Waals surface area contributed by atoms with Crippen molar-refractivity contribution >= 4 is 19.4 Å². The van der Waals surface area contributed by atoms with Crippen molar-refractivity contribution in [2.75, 3.05) is 6.54 Å². The van der Waals surface area contributed by atoms with Gasteiger partial charge in [0.2, 0.25) is 0 Å². The van der Waals surface area contributed by atoms with E-state index in [0.29, 0.717) is 0 Å². The highest BCUT2D eigenvalue weighted by atomic mass is 31.2. The molecule has 0 radical (unpaired) electrons. The number of ether oxygens (including phenoxy) is 1. The number of para-hydroxylation sites is 1. The zero-order chi connectivity index (χ0) is 20.7. The number of nitrogens with one attached hydrogen (secondary N) is 1. The summed E-state index contributed by atoms with van der Waals surface area (Å²) in [6.45, 7) is -0.367. The van der Waals surface area contributed by atoms with Crippen molar-refractivity contribution in [1.82, 2.24) is 5.09 Å². The van der Waals surface area contributed by atoms with Crippen LogP contribution in [0.1, 0.15) is 25.7 Å². The maximum atomic E-state index is 13.2. The number of benzene rings is 2. The van der Waals surface area contributed by atoms with Gasteiger partial charge in [0, 0.05) is 12.1 Å². The van der Waals surface area contributed by atoms with Gasteiger partial charge in [-0.2, -0.15) is 5.09 Å². The van der Waals surface area contributed by atoms with E-state index in [2.05, 4.69) is 5.09 Å². The van der Waals surface area contributed by atoms with Crippen LogP contribution in [-0.2, 0) is 14.1 Å². The summed E-state index contributed by atoms with van der Waals surface area (Å²) in [5.74, 6) is -0.193. The molecule has 1 aliphatic rings. The lowest BCUT2D eigenvalue weighted by atomic mass is 10.3. The van der Waals surface area contributed by atoms with Gasteiger partial charge in [-0.1, -0.05) is 18.2 Å². The molecule has 2 aromatic carbocycles. The van der Waals surface area contributed by atoms with E-state index < -0.39 is 18.6 Å². The molecule has 2 aromatic rings. The summed E-state index contributed by atoms with van der Waals surface area (Å²) in [6, 6.07) is 13.4. The van der Waals surface area contributed by atoms with Crippen molar-refractivity contribution in [1.29, 1.82) is 0 Å². The Balaban J connectivity index is 1.69. The van der Waals surface area contributed by atoms with Gasteiger partial charge in [0.15, 0.2) is 0 Å². The lowest BCUT2D eigenvalue weighted by Gasteiger charge is -2.20. The fourth-order valence-corrected chi connectivity index (χ4v) is 4.15. The average Bonchev–Trinajstić information content (AvgIpc) is 3.21. The van der Waals surface area contributed by atoms with Gasteiger partial charge in [-0.05, 0) is 49.9 Å². The van der Waals surface area contributed by atoms with Crippen LogP contribution < -0.4 is 14.1 Å². The lowest BCUT2D eigenvalue weighted by molar-refractivity contribution is -0.384. The quantitative estimate of drug-likeness (QED) is 0.277. The number of esters is 1. The molecule has 1 fully saturated rings. The third kappa shape index (κ3) is 6.30. The summed E-state index contributed by atoms with van der Waals surface area (Å²) in [4.78, 5) is 22.3. The van der Waals surface area contributed by atoms with E-state index in [1.165, 1.54) is 24.3 Å². The van der Waals surface area contributed by atoms with E-state index in [4.69, 9.17) is 13.8 Å². The molecular formula is C19H21N2O7P. The number of hydrogen-bond acceptors (Lipinski definition) is 7. The molecule has 0 heterocycles. The summed E-state index contributed by atoms with van der Waals surface area (Å²) in [5, 5.41) is 13.3. The predicted molar refractivity (Wildman–Crippen MR) is 105 cm³/mol.